The van der Waals surface area contributed by atoms with Gasteiger partial charge in [-0.05, 0) is 43.4 Å². The SMILES string of the molecule is CCCC(CCC)NC(=O)N1C(=O)[C@H](CCc2cccc(Cl)c2)[C@H]1C(=O)O. The van der Waals surface area contributed by atoms with E-state index in [1.54, 1.807) is 12.1 Å². The highest BCUT2D eigenvalue weighted by Crippen LogP contribution is 2.31. The van der Waals surface area contributed by atoms with Crippen LogP contribution in [0.4, 0.5) is 4.79 Å². The fourth-order valence-electron chi connectivity index (χ4n) is 3.58. The van der Waals surface area contributed by atoms with Gasteiger partial charge in [-0.2, -0.15) is 0 Å². The number of hydrogen-bond donors (Lipinski definition) is 2. The summed E-state index contributed by atoms with van der Waals surface area (Å²) in [5, 5.41) is 12.9. The Balaban J connectivity index is 2.01. The Labute approximate surface area is 164 Å². The number of β-lactam (4-membered cyclic amide) rings is 1. The first-order valence-corrected chi connectivity index (χ1v) is 9.87. The predicted molar refractivity (Wildman–Crippen MR) is 104 cm³/mol. The molecule has 148 valence electrons. The lowest BCUT2D eigenvalue weighted by Crippen LogP contribution is -2.68. The van der Waals surface area contributed by atoms with Crippen molar-refractivity contribution in [2.45, 2.75) is 64.5 Å². The summed E-state index contributed by atoms with van der Waals surface area (Å²) in [4.78, 5) is 37.5. The molecule has 2 atom stereocenters. The highest BCUT2D eigenvalue weighted by molar-refractivity contribution is 6.30. The number of aliphatic carboxylic acids is 1. The van der Waals surface area contributed by atoms with Crippen molar-refractivity contribution in [3.63, 3.8) is 0 Å². The van der Waals surface area contributed by atoms with E-state index in [0.29, 0.717) is 17.9 Å². The van der Waals surface area contributed by atoms with Gasteiger partial charge in [0.25, 0.3) is 0 Å². The van der Waals surface area contributed by atoms with Gasteiger partial charge in [-0.15, -0.1) is 0 Å². The normalized spacial score (nSPS) is 19.1. The van der Waals surface area contributed by atoms with Crippen LogP contribution in [-0.4, -0.2) is 40.0 Å². The number of rotatable bonds is 9. The summed E-state index contributed by atoms with van der Waals surface area (Å²) >= 11 is 5.96. The molecule has 0 aromatic heterocycles. The maximum Gasteiger partial charge on any atom is 0.327 e. The number of aryl methyl sites for hydroxylation is 1. The smallest absolute Gasteiger partial charge is 0.327 e. The van der Waals surface area contributed by atoms with Crippen molar-refractivity contribution in [2.24, 2.45) is 5.92 Å². The number of imide groups is 1. The van der Waals surface area contributed by atoms with E-state index in [-0.39, 0.29) is 6.04 Å². The molecule has 2 N–H and O–H groups in total. The molecular weight excluding hydrogens is 368 g/mol. The molecule has 1 aliphatic rings. The van der Waals surface area contributed by atoms with E-state index in [1.807, 2.05) is 26.0 Å². The molecule has 1 aromatic carbocycles. The van der Waals surface area contributed by atoms with E-state index < -0.39 is 29.9 Å². The van der Waals surface area contributed by atoms with Gasteiger partial charge in [-0.25, -0.2) is 14.5 Å². The van der Waals surface area contributed by atoms with E-state index in [0.717, 1.165) is 36.1 Å². The van der Waals surface area contributed by atoms with Crippen molar-refractivity contribution in [1.29, 1.82) is 0 Å². The van der Waals surface area contributed by atoms with Crippen LogP contribution in [0.25, 0.3) is 0 Å². The number of likely N-dealkylation sites (tertiary alicyclic amines) is 1. The van der Waals surface area contributed by atoms with Crippen molar-refractivity contribution in [2.75, 3.05) is 0 Å². The number of hydrogen-bond acceptors (Lipinski definition) is 3. The summed E-state index contributed by atoms with van der Waals surface area (Å²) in [6.07, 6.45) is 4.32. The number of amides is 3. The van der Waals surface area contributed by atoms with Crippen LogP contribution in [0.2, 0.25) is 5.02 Å². The third kappa shape index (κ3) is 5.22. The molecule has 6 nitrogen and oxygen atoms in total. The van der Waals surface area contributed by atoms with Crippen LogP contribution in [-0.2, 0) is 16.0 Å². The highest BCUT2D eigenvalue weighted by Gasteiger charge is 2.54. The lowest BCUT2D eigenvalue weighted by atomic mass is 9.83. The van der Waals surface area contributed by atoms with Crippen LogP contribution >= 0.6 is 11.6 Å². The third-order valence-corrected chi connectivity index (χ3v) is 5.16. The topological polar surface area (TPSA) is 86.7 Å². The van der Waals surface area contributed by atoms with Gasteiger partial charge in [0, 0.05) is 11.1 Å². The number of benzene rings is 1. The molecule has 0 radical (unpaired) electrons. The second-order valence-corrected chi connectivity index (χ2v) is 7.43. The molecule has 7 heteroatoms. The van der Waals surface area contributed by atoms with Gasteiger partial charge in [0.05, 0.1) is 5.92 Å². The molecule has 1 saturated heterocycles. The predicted octanol–water partition coefficient (Wildman–Crippen LogP) is 3.86. The number of carbonyl (C=O) groups excluding carboxylic acids is 2. The zero-order valence-corrected chi connectivity index (χ0v) is 16.5. The average Bonchev–Trinajstić information content (AvgIpc) is 2.59. The van der Waals surface area contributed by atoms with Crippen LogP contribution in [0.1, 0.15) is 51.5 Å². The van der Waals surface area contributed by atoms with Crippen molar-refractivity contribution in [1.82, 2.24) is 10.2 Å². The molecule has 3 amide bonds. The summed E-state index contributed by atoms with van der Waals surface area (Å²) in [6.45, 7) is 4.05. The summed E-state index contributed by atoms with van der Waals surface area (Å²) in [7, 11) is 0. The second kappa shape index (κ2) is 9.74. The van der Waals surface area contributed by atoms with Crippen molar-refractivity contribution < 1.29 is 19.5 Å². The fourth-order valence-corrected chi connectivity index (χ4v) is 3.80. The van der Waals surface area contributed by atoms with Crippen LogP contribution < -0.4 is 5.32 Å². The minimum atomic E-state index is -1.15. The molecule has 1 aliphatic heterocycles. The number of urea groups is 1. The Kier molecular flexibility index (Phi) is 7.66. The van der Waals surface area contributed by atoms with E-state index >= 15 is 0 Å². The molecule has 0 unspecified atom stereocenters. The zero-order valence-electron chi connectivity index (χ0n) is 15.8. The summed E-state index contributed by atoms with van der Waals surface area (Å²) in [6, 6.07) is 5.50. The maximum atomic E-state index is 12.5. The van der Waals surface area contributed by atoms with E-state index in [1.165, 1.54) is 0 Å². The van der Waals surface area contributed by atoms with Gasteiger partial charge in [0.2, 0.25) is 5.91 Å². The first kappa shape index (κ1) is 21.2. The molecule has 0 aliphatic carbocycles. The number of carboxylic acids is 1. The molecule has 0 spiro atoms. The maximum absolute atomic E-state index is 12.5. The molecule has 2 rings (SSSR count). The Morgan fingerprint density at radius 1 is 1.26 bits per heavy atom. The second-order valence-electron chi connectivity index (χ2n) is 6.99. The van der Waals surface area contributed by atoms with Crippen LogP contribution in [0.15, 0.2) is 24.3 Å². The summed E-state index contributed by atoms with van der Waals surface area (Å²) < 4.78 is 0. The number of nitrogens with one attached hydrogen (secondary N) is 1. The number of carbonyl (C=O) groups is 3. The number of carboxylic acid groups (broad SMARTS) is 1. The van der Waals surface area contributed by atoms with Crippen LogP contribution in [0.5, 0.6) is 0 Å². The average molecular weight is 395 g/mol. The zero-order chi connectivity index (χ0) is 20.0. The molecule has 1 aromatic rings. The Hall–Kier alpha value is -2.08. The molecule has 0 bridgehead atoms. The Morgan fingerprint density at radius 2 is 1.93 bits per heavy atom. The minimum Gasteiger partial charge on any atom is -0.480 e. The van der Waals surface area contributed by atoms with E-state index in [9.17, 15) is 19.5 Å². The minimum absolute atomic E-state index is 0.0414. The van der Waals surface area contributed by atoms with E-state index in [2.05, 4.69) is 5.32 Å². The third-order valence-electron chi connectivity index (χ3n) is 4.92. The molecule has 27 heavy (non-hydrogen) atoms. The van der Waals surface area contributed by atoms with E-state index in [4.69, 9.17) is 11.6 Å². The quantitative estimate of drug-likeness (QED) is 0.622. The van der Waals surface area contributed by atoms with Crippen molar-refractivity contribution in [3.05, 3.63) is 34.9 Å². The first-order chi connectivity index (χ1) is 12.9. The Morgan fingerprint density at radius 3 is 2.48 bits per heavy atom. The van der Waals surface area contributed by atoms with Crippen molar-refractivity contribution in [3.8, 4) is 0 Å². The largest absolute Gasteiger partial charge is 0.480 e. The summed E-state index contributed by atoms with van der Waals surface area (Å²) in [5.41, 5.74) is 0.938. The number of nitrogens with zero attached hydrogens (tertiary/aromatic N) is 1. The van der Waals surface area contributed by atoms with Crippen LogP contribution in [0.3, 0.4) is 0 Å². The molecule has 1 fully saturated rings. The highest BCUT2D eigenvalue weighted by atomic mass is 35.5. The fraction of sp³-hybridized carbons (Fsp3) is 0.550. The van der Waals surface area contributed by atoms with Gasteiger partial charge >= 0.3 is 12.0 Å². The standard InChI is InChI=1S/C20H27ClN2O4/c1-3-6-15(7-4-2)22-20(27)23-17(19(25)26)16(18(23)24)11-10-13-8-5-9-14(21)12-13/h5,8-9,12,15-17H,3-4,6-7,10-11H2,1-2H3,(H,22,27)(H,25,26)/t16-,17+/m1/s1. The van der Waals surface area contributed by atoms with Crippen molar-refractivity contribution >= 4 is 29.5 Å². The molecule has 1 heterocycles. The van der Waals surface area contributed by atoms with Gasteiger partial charge in [-0.1, -0.05) is 50.4 Å². The van der Waals surface area contributed by atoms with Gasteiger partial charge in [0.15, 0.2) is 6.04 Å². The monoisotopic (exact) mass is 394 g/mol. The lowest BCUT2D eigenvalue weighted by molar-refractivity contribution is -0.166. The first-order valence-electron chi connectivity index (χ1n) is 9.49. The van der Waals surface area contributed by atoms with Gasteiger partial charge in [0.1, 0.15) is 0 Å². The Bertz CT molecular complexity index is 688. The number of halogens is 1. The lowest BCUT2D eigenvalue weighted by Gasteiger charge is -2.43. The molecule has 0 saturated carbocycles. The summed E-state index contributed by atoms with van der Waals surface area (Å²) in [5.74, 6) is -2.26. The van der Waals surface area contributed by atoms with Gasteiger partial charge in [-0.3, -0.25) is 4.79 Å². The van der Waals surface area contributed by atoms with Crippen LogP contribution in [0, 0.1) is 5.92 Å². The van der Waals surface area contributed by atoms with Gasteiger partial charge < -0.3 is 10.4 Å². The molecular formula is C20H27ClN2O4.